The molecule has 0 saturated heterocycles. The first-order valence-electron chi connectivity index (χ1n) is 3.49. The maximum atomic E-state index is 11.2. The van der Waals surface area contributed by atoms with Crippen molar-refractivity contribution in [3.05, 3.63) is 11.2 Å². The molecular weight excluding hydrogens is 178 g/mol. The molecule has 5 nitrogen and oxygen atoms in total. The van der Waals surface area contributed by atoms with Crippen molar-refractivity contribution in [2.45, 2.75) is 19.9 Å². The van der Waals surface area contributed by atoms with E-state index >= 15 is 0 Å². The Kier molecular flexibility index (Phi) is 2.10. The zero-order valence-corrected chi connectivity index (χ0v) is 7.72. The van der Waals surface area contributed by atoms with Crippen LogP contribution in [0.1, 0.15) is 13.8 Å². The average molecular weight is 189 g/mol. The van der Waals surface area contributed by atoms with Crippen LogP contribution in [0.15, 0.2) is 16.2 Å². The molecule has 0 unspecified atom stereocenters. The summed E-state index contributed by atoms with van der Waals surface area (Å²) in [5.74, 6) is 0. The quantitative estimate of drug-likeness (QED) is 0.584. The highest BCUT2D eigenvalue weighted by Gasteiger charge is 2.28. The molecule has 0 bridgehead atoms. The molecule has 0 aliphatic carbocycles. The standard InChI is InChI=1S/C6H11N3O2S/c1-4(2)9-6-8-3-5(7)12(6,10)11/h3-4H,7H2,1-2H3,(H,8,9). The Labute approximate surface area is 71.3 Å². The molecule has 0 radical (unpaired) electrons. The van der Waals surface area contributed by atoms with Gasteiger partial charge in [0.1, 0.15) is 5.03 Å². The Morgan fingerprint density at radius 3 is 2.50 bits per heavy atom. The molecular formula is C6H11N3O2S. The van der Waals surface area contributed by atoms with E-state index in [-0.39, 0.29) is 16.2 Å². The van der Waals surface area contributed by atoms with E-state index in [0.717, 1.165) is 0 Å². The number of amidine groups is 1. The van der Waals surface area contributed by atoms with E-state index < -0.39 is 9.84 Å². The molecule has 12 heavy (non-hydrogen) atoms. The largest absolute Gasteiger partial charge is 0.388 e. The number of sulfone groups is 1. The number of hydrogen-bond acceptors (Lipinski definition) is 4. The SMILES string of the molecule is CC(C)N=C1NC=C(N)S1(=O)=O. The van der Waals surface area contributed by atoms with Crippen molar-refractivity contribution in [1.29, 1.82) is 0 Å². The fourth-order valence-electron chi connectivity index (χ4n) is 0.741. The second-order valence-electron chi connectivity index (χ2n) is 2.72. The highest BCUT2D eigenvalue weighted by atomic mass is 32.2. The van der Waals surface area contributed by atoms with Gasteiger partial charge in [-0.2, -0.15) is 0 Å². The molecule has 1 aliphatic rings. The summed E-state index contributed by atoms with van der Waals surface area (Å²) in [6, 6.07) is -0.0680. The Hall–Kier alpha value is -1.04. The summed E-state index contributed by atoms with van der Waals surface area (Å²) in [6.45, 7) is 3.58. The van der Waals surface area contributed by atoms with Crippen molar-refractivity contribution < 1.29 is 8.42 Å². The van der Waals surface area contributed by atoms with Crippen LogP contribution in [-0.4, -0.2) is 19.6 Å². The molecule has 1 heterocycles. The summed E-state index contributed by atoms with van der Waals surface area (Å²) in [5.41, 5.74) is 5.21. The van der Waals surface area contributed by atoms with E-state index in [0.29, 0.717) is 0 Å². The molecule has 68 valence electrons. The molecule has 0 spiro atoms. The number of hydrogen-bond donors (Lipinski definition) is 2. The molecule has 0 fully saturated rings. The zero-order valence-electron chi connectivity index (χ0n) is 6.90. The van der Waals surface area contributed by atoms with Gasteiger partial charge in [0.2, 0.25) is 5.17 Å². The normalized spacial score (nSPS) is 24.2. The molecule has 0 aromatic heterocycles. The van der Waals surface area contributed by atoms with Crippen molar-refractivity contribution in [2.24, 2.45) is 10.7 Å². The van der Waals surface area contributed by atoms with Gasteiger partial charge < -0.3 is 11.1 Å². The van der Waals surface area contributed by atoms with Gasteiger partial charge in [0.05, 0.1) is 0 Å². The maximum absolute atomic E-state index is 11.2. The van der Waals surface area contributed by atoms with Gasteiger partial charge in [0.25, 0.3) is 9.84 Å². The van der Waals surface area contributed by atoms with Gasteiger partial charge in [-0.15, -0.1) is 0 Å². The van der Waals surface area contributed by atoms with Crippen LogP contribution in [0.25, 0.3) is 0 Å². The average Bonchev–Trinajstić information content (AvgIpc) is 2.15. The lowest BCUT2D eigenvalue weighted by Gasteiger charge is -2.00. The van der Waals surface area contributed by atoms with Crippen molar-refractivity contribution in [1.82, 2.24) is 5.32 Å². The first kappa shape index (κ1) is 9.05. The van der Waals surface area contributed by atoms with E-state index in [1.165, 1.54) is 6.20 Å². The van der Waals surface area contributed by atoms with Crippen molar-refractivity contribution in [2.75, 3.05) is 0 Å². The monoisotopic (exact) mass is 189 g/mol. The Bertz CT molecular complexity index is 340. The third kappa shape index (κ3) is 1.42. The lowest BCUT2D eigenvalue weighted by atomic mass is 10.4. The minimum Gasteiger partial charge on any atom is -0.388 e. The summed E-state index contributed by atoms with van der Waals surface area (Å²) < 4.78 is 22.5. The lowest BCUT2D eigenvalue weighted by Crippen LogP contribution is -2.23. The first-order valence-corrected chi connectivity index (χ1v) is 4.98. The highest BCUT2D eigenvalue weighted by molar-refractivity contribution is 8.09. The van der Waals surface area contributed by atoms with Gasteiger partial charge in [-0.05, 0) is 13.8 Å². The third-order valence-electron chi connectivity index (χ3n) is 1.28. The number of rotatable bonds is 1. The van der Waals surface area contributed by atoms with E-state index in [9.17, 15) is 8.42 Å². The maximum Gasteiger partial charge on any atom is 0.255 e. The van der Waals surface area contributed by atoms with Crippen LogP contribution < -0.4 is 11.1 Å². The van der Waals surface area contributed by atoms with Crippen LogP contribution in [0.3, 0.4) is 0 Å². The van der Waals surface area contributed by atoms with Crippen LogP contribution in [0.4, 0.5) is 0 Å². The smallest absolute Gasteiger partial charge is 0.255 e. The summed E-state index contributed by atoms with van der Waals surface area (Å²) in [6.07, 6.45) is 1.23. The minimum atomic E-state index is -3.48. The fourth-order valence-corrected chi connectivity index (χ4v) is 1.74. The molecule has 1 aliphatic heterocycles. The van der Waals surface area contributed by atoms with Gasteiger partial charge in [0.15, 0.2) is 0 Å². The molecule has 0 atom stereocenters. The van der Waals surface area contributed by atoms with Gasteiger partial charge in [0, 0.05) is 12.2 Å². The molecule has 0 aromatic rings. The van der Waals surface area contributed by atoms with Gasteiger partial charge in [-0.3, -0.25) is 4.99 Å². The number of aliphatic imine (C=N–C) groups is 1. The van der Waals surface area contributed by atoms with Crippen molar-refractivity contribution >= 4 is 15.0 Å². The van der Waals surface area contributed by atoms with E-state index in [1.54, 1.807) is 13.8 Å². The molecule has 1 rings (SSSR count). The van der Waals surface area contributed by atoms with Crippen LogP contribution in [0.2, 0.25) is 0 Å². The predicted octanol–water partition coefficient (Wildman–Crippen LogP) is -0.474. The summed E-state index contributed by atoms with van der Waals surface area (Å²) >= 11 is 0. The summed E-state index contributed by atoms with van der Waals surface area (Å²) in [5, 5.41) is 2.26. The third-order valence-corrected chi connectivity index (χ3v) is 2.75. The topological polar surface area (TPSA) is 84.5 Å². The van der Waals surface area contributed by atoms with E-state index in [1.807, 2.05) is 0 Å². The molecule has 0 aromatic carbocycles. The Morgan fingerprint density at radius 1 is 1.58 bits per heavy atom. The number of nitrogens with zero attached hydrogens (tertiary/aromatic N) is 1. The van der Waals surface area contributed by atoms with E-state index in [2.05, 4.69) is 10.3 Å². The molecule has 3 N–H and O–H groups in total. The van der Waals surface area contributed by atoms with Gasteiger partial charge >= 0.3 is 0 Å². The molecule has 0 saturated carbocycles. The van der Waals surface area contributed by atoms with Crippen molar-refractivity contribution in [3.63, 3.8) is 0 Å². The van der Waals surface area contributed by atoms with Crippen LogP contribution in [0, 0.1) is 0 Å². The zero-order chi connectivity index (χ0) is 9.35. The van der Waals surface area contributed by atoms with Crippen LogP contribution in [0.5, 0.6) is 0 Å². The minimum absolute atomic E-state index is 0.0602. The van der Waals surface area contributed by atoms with Gasteiger partial charge in [-0.1, -0.05) is 0 Å². The number of nitrogens with two attached hydrogens (primary N) is 1. The molecule has 6 heteroatoms. The lowest BCUT2D eigenvalue weighted by molar-refractivity contribution is 0.612. The molecule has 0 amide bonds. The predicted molar refractivity (Wildman–Crippen MR) is 46.9 cm³/mol. The van der Waals surface area contributed by atoms with Crippen LogP contribution >= 0.6 is 0 Å². The summed E-state index contributed by atoms with van der Waals surface area (Å²) in [4.78, 5) is 3.87. The van der Waals surface area contributed by atoms with Crippen molar-refractivity contribution in [3.8, 4) is 0 Å². The highest BCUT2D eigenvalue weighted by Crippen LogP contribution is 2.08. The first-order chi connectivity index (χ1) is 5.44. The van der Waals surface area contributed by atoms with Crippen LogP contribution in [-0.2, 0) is 9.84 Å². The number of nitrogens with one attached hydrogen (secondary N) is 1. The Morgan fingerprint density at radius 2 is 2.17 bits per heavy atom. The second-order valence-corrected chi connectivity index (χ2v) is 4.59. The fraction of sp³-hybridized carbons (Fsp3) is 0.500. The van der Waals surface area contributed by atoms with Gasteiger partial charge in [-0.25, -0.2) is 8.42 Å². The second kappa shape index (κ2) is 2.78. The Balaban J connectivity index is 3.05. The summed E-state index contributed by atoms with van der Waals surface area (Å²) in [7, 11) is -3.48. The van der Waals surface area contributed by atoms with E-state index in [4.69, 9.17) is 5.73 Å².